The van der Waals surface area contributed by atoms with Gasteiger partial charge in [-0.15, -0.1) is 0 Å². The summed E-state index contributed by atoms with van der Waals surface area (Å²) in [7, 11) is 1.30. The number of fused-ring (bicyclic) bond motifs is 4. The lowest BCUT2D eigenvalue weighted by Gasteiger charge is -2.11. The van der Waals surface area contributed by atoms with Gasteiger partial charge in [0.2, 0.25) is 0 Å². The Balaban J connectivity index is 1.79. The van der Waals surface area contributed by atoms with Gasteiger partial charge in [-0.1, -0.05) is 36.4 Å². The number of esters is 1. The first-order valence-corrected chi connectivity index (χ1v) is 8.63. The average molecular weight is 370 g/mol. The zero-order valence-electron chi connectivity index (χ0n) is 14.9. The molecule has 2 aromatic carbocycles. The number of carbonyl (C=O) groups excluding carboxylic acids is 1. The van der Waals surface area contributed by atoms with E-state index in [2.05, 4.69) is 10.1 Å². The first kappa shape index (κ1) is 16.2. The third kappa shape index (κ3) is 2.23. The Morgan fingerprint density at radius 3 is 2.68 bits per heavy atom. The number of carbonyl (C=O) groups is 1. The Bertz CT molecular complexity index is 1440. The third-order valence-corrected chi connectivity index (χ3v) is 4.83. The van der Waals surface area contributed by atoms with Crippen molar-refractivity contribution in [3.63, 3.8) is 0 Å². The Morgan fingerprint density at radius 1 is 1.00 bits per heavy atom. The van der Waals surface area contributed by atoms with Crippen molar-refractivity contribution in [2.45, 2.75) is 0 Å². The molecule has 0 fully saturated rings. The van der Waals surface area contributed by atoms with Gasteiger partial charge in [0.15, 0.2) is 5.65 Å². The minimum absolute atomic E-state index is 0.210. The SMILES string of the molecule is COC(=O)c1cnn2c1ncc1c(=O)n(-c3cccc4ccccc34)ccc12. The second-order valence-corrected chi connectivity index (χ2v) is 6.33. The van der Waals surface area contributed by atoms with Gasteiger partial charge >= 0.3 is 5.97 Å². The first-order chi connectivity index (χ1) is 13.7. The minimum atomic E-state index is -0.522. The number of methoxy groups -OCH3 is 1. The van der Waals surface area contributed by atoms with E-state index in [0.29, 0.717) is 16.6 Å². The van der Waals surface area contributed by atoms with Crippen molar-refractivity contribution < 1.29 is 9.53 Å². The number of pyridine rings is 1. The molecule has 0 amide bonds. The highest BCUT2D eigenvalue weighted by molar-refractivity contribution is 5.97. The molecule has 0 N–H and O–H groups in total. The van der Waals surface area contributed by atoms with E-state index in [9.17, 15) is 9.59 Å². The molecule has 0 bridgehead atoms. The van der Waals surface area contributed by atoms with Crippen LogP contribution in [0.1, 0.15) is 10.4 Å². The molecule has 0 aliphatic carbocycles. The van der Waals surface area contributed by atoms with Crippen LogP contribution < -0.4 is 5.56 Å². The van der Waals surface area contributed by atoms with Gasteiger partial charge in [-0.2, -0.15) is 5.10 Å². The van der Waals surface area contributed by atoms with Gasteiger partial charge < -0.3 is 4.74 Å². The van der Waals surface area contributed by atoms with Crippen LogP contribution in [0.5, 0.6) is 0 Å². The molecular weight excluding hydrogens is 356 g/mol. The van der Waals surface area contributed by atoms with E-state index in [0.717, 1.165) is 16.5 Å². The second-order valence-electron chi connectivity index (χ2n) is 6.33. The van der Waals surface area contributed by atoms with Crippen LogP contribution in [-0.2, 0) is 4.74 Å². The van der Waals surface area contributed by atoms with Gasteiger partial charge in [0.1, 0.15) is 5.56 Å². The van der Waals surface area contributed by atoms with Crippen molar-refractivity contribution in [3.8, 4) is 5.69 Å². The summed E-state index contributed by atoms with van der Waals surface area (Å²) in [6, 6.07) is 15.5. The normalized spacial score (nSPS) is 11.3. The van der Waals surface area contributed by atoms with Crippen LogP contribution in [0.4, 0.5) is 0 Å². The zero-order valence-corrected chi connectivity index (χ0v) is 14.9. The van der Waals surface area contributed by atoms with Crippen molar-refractivity contribution in [1.29, 1.82) is 0 Å². The van der Waals surface area contributed by atoms with Crippen LogP contribution in [0.3, 0.4) is 0 Å². The number of hydrogen-bond donors (Lipinski definition) is 0. The molecular formula is C21H14N4O3. The zero-order chi connectivity index (χ0) is 19.3. The fourth-order valence-corrected chi connectivity index (χ4v) is 3.48. The molecule has 0 unspecified atom stereocenters. The summed E-state index contributed by atoms with van der Waals surface area (Å²) >= 11 is 0. The summed E-state index contributed by atoms with van der Waals surface area (Å²) in [6.45, 7) is 0. The summed E-state index contributed by atoms with van der Waals surface area (Å²) in [5, 5.41) is 6.65. The van der Waals surface area contributed by atoms with Gasteiger partial charge in [0.05, 0.1) is 29.9 Å². The number of nitrogens with zero attached hydrogens (tertiary/aromatic N) is 4. The van der Waals surface area contributed by atoms with E-state index in [1.54, 1.807) is 16.8 Å². The number of rotatable bonds is 2. The largest absolute Gasteiger partial charge is 0.465 e. The third-order valence-electron chi connectivity index (χ3n) is 4.83. The maximum atomic E-state index is 13.2. The molecule has 0 saturated heterocycles. The number of aromatic nitrogens is 4. The van der Waals surface area contributed by atoms with Gasteiger partial charge in [-0.3, -0.25) is 9.36 Å². The van der Waals surface area contributed by atoms with Crippen LogP contribution in [0.25, 0.3) is 33.0 Å². The Kier molecular flexibility index (Phi) is 3.48. The lowest BCUT2D eigenvalue weighted by Crippen LogP contribution is -2.19. The maximum Gasteiger partial charge on any atom is 0.343 e. The van der Waals surface area contributed by atoms with Crippen molar-refractivity contribution in [2.24, 2.45) is 0 Å². The van der Waals surface area contributed by atoms with E-state index in [1.165, 1.54) is 24.0 Å². The minimum Gasteiger partial charge on any atom is -0.465 e. The summed E-state index contributed by atoms with van der Waals surface area (Å²) in [5.74, 6) is -0.522. The molecule has 0 aliphatic rings. The quantitative estimate of drug-likeness (QED) is 0.447. The summed E-state index contributed by atoms with van der Waals surface area (Å²) < 4.78 is 7.84. The molecule has 5 rings (SSSR count). The van der Waals surface area contributed by atoms with Crippen LogP contribution in [0.15, 0.2) is 71.9 Å². The fourth-order valence-electron chi connectivity index (χ4n) is 3.48. The van der Waals surface area contributed by atoms with Crippen molar-refractivity contribution in [3.05, 3.63) is 83.0 Å². The number of benzene rings is 2. The lowest BCUT2D eigenvalue weighted by molar-refractivity contribution is 0.0602. The average Bonchev–Trinajstić information content (AvgIpc) is 3.18. The van der Waals surface area contributed by atoms with Gasteiger partial charge in [-0.25, -0.2) is 14.3 Å². The smallest absolute Gasteiger partial charge is 0.343 e. The van der Waals surface area contributed by atoms with E-state index in [1.807, 2.05) is 42.5 Å². The molecule has 28 heavy (non-hydrogen) atoms. The second kappa shape index (κ2) is 6.02. The Morgan fingerprint density at radius 2 is 1.82 bits per heavy atom. The van der Waals surface area contributed by atoms with Crippen molar-refractivity contribution >= 4 is 33.3 Å². The first-order valence-electron chi connectivity index (χ1n) is 8.63. The van der Waals surface area contributed by atoms with Crippen molar-refractivity contribution in [2.75, 3.05) is 7.11 Å². The topological polar surface area (TPSA) is 78.5 Å². The maximum absolute atomic E-state index is 13.2. The Labute approximate surface area is 158 Å². The predicted octanol–water partition coefficient (Wildman–Crippen LogP) is 2.97. The predicted molar refractivity (Wildman–Crippen MR) is 105 cm³/mol. The highest BCUT2D eigenvalue weighted by Gasteiger charge is 2.17. The molecule has 0 radical (unpaired) electrons. The van der Waals surface area contributed by atoms with E-state index in [-0.39, 0.29) is 11.1 Å². The van der Waals surface area contributed by atoms with E-state index < -0.39 is 5.97 Å². The van der Waals surface area contributed by atoms with Crippen LogP contribution in [-0.4, -0.2) is 32.2 Å². The summed E-state index contributed by atoms with van der Waals surface area (Å²) in [5.41, 5.74) is 1.75. The molecule has 7 nitrogen and oxygen atoms in total. The van der Waals surface area contributed by atoms with E-state index >= 15 is 0 Å². The molecule has 3 aromatic heterocycles. The van der Waals surface area contributed by atoms with Crippen LogP contribution >= 0.6 is 0 Å². The fraction of sp³-hybridized carbons (Fsp3) is 0.0476. The molecule has 136 valence electrons. The van der Waals surface area contributed by atoms with Crippen molar-refractivity contribution in [1.82, 2.24) is 19.2 Å². The van der Waals surface area contributed by atoms with Gasteiger partial charge in [-0.05, 0) is 17.5 Å². The van der Waals surface area contributed by atoms with Crippen LogP contribution in [0.2, 0.25) is 0 Å². The lowest BCUT2D eigenvalue weighted by atomic mass is 10.1. The molecule has 0 spiro atoms. The molecule has 7 heteroatoms. The summed E-state index contributed by atoms with van der Waals surface area (Å²) in [4.78, 5) is 29.4. The van der Waals surface area contributed by atoms with Gasteiger partial charge in [0.25, 0.3) is 5.56 Å². The number of ether oxygens (including phenoxy) is 1. The van der Waals surface area contributed by atoms with Gasteiger partial charge in [0, 0.05) is 17.8 Å². The molecule has 3 heterocycles. The van der Waals surface area contributed by atoms with E-state index in [4.69, 9.17) is 4.74 Å². The molecule has 5 aromatic rings. The standard InChI is InChI=1S/C21H14N4O3/c1-28-21(27)16-12-23-25-18-9-10-24(20(26)15(18)11-22-19(16)25)17-8-4-6-13-5-2-3-7-14(13)17/h2-12H,1H3. The molecule has 0 atom stereocenters. The monoisotopic (exact) mass is 370 g/mol. The molecule has 0 saturated carbocycles. The number of hydrogen-bond acceptors (Lipinski definition) is 5. The summed E-state index contributed by atoms with van der Waals surface area (Å²) in [6.07, 6.45) is 4.58. The highest BCUT2D eigenvalue weighted by atomic mass is 16.5. The highest BCUT2D eigenvalue weighted by Crippen LogP contribution is 2.22. The Hall–Kier alpha value is -4.00. The molecule has 0 aliphatic heterocycles. The van der Waals surface area contributed by atoms with Crippen LogP contribution in [0, 0.1) is 0 Å².